The summed E-state index contributed by atoms with van der Waals surface area (Å²) in [6, 6.07) is 3.64. The number of rotatable bonds is 4. The Balaban J connectivity index is 2.81. The Morgan fingerprint density at radius 1 is 1.27 bits per heavy atom. The molecule has 0 amide bonds. The minimum absolute atomic E-state index is 0.222. The Morgan fingerprint density at radius 2 is 1.93 bits per heavy atom. The largest absolute Gasteiger partial charge is 0.324 e. The normalized spacial score (nSPS) is 15.0. The first kappa shape index (κ1) is 12.1. The van der Waals surface area contributed by atoms with E-state index in [4.69, 9.17) is 5.73 Å². The van der Waals surface area contributed by atoms with Gasteiger partial charge in [0.2, 0.25) is 0 Å². The van der Waals surface area contributed by atoms with Crippen molar-refractivity contribution in [2.45, 2.75) is 32.7 Å². The second-order valence-electron chi connectivity index (χ2n) is 3.97. The van der Waals surface area contributed by atoms with Gasteiger partial charge in [0.25, 0.3) is 0 Å². The predicted molar refractivity (Wildman–Crippen MR) is 57.4 cm³/mol. The molecule has 2 unspecified atom stereocenters. The van der Waals surface area contributed by atoms with Gasteiger partial charge in [0, 0.05) is 6.04 Å². The van der Waals surface area contributed by atoms with E-state index in [-0.39, 0.29) is 12.0 Å². The molecule has 0 heterocycles. The van der Waals surface area contributed by atoms with E-state index in [1.807, 2.05) is 6.92 Å². The summed E-state index contributed by atoms with van der Waals surface area (Å²) < 4.78 is 25.7. The summed E-state index contributed by atoms with van der Waals surface area (Å²) in [7, 11) is 0. The van der Waals surface area contributed by atoms with Crippen LogP contribution in [-0.2, 0) is 0 Å². The molecule has 0 aliphatic carbocycles. The van der Waals surface area contributed by atoms with Crippen LogP contribution in [0.2, 0.25) is 0 Å². The smallest absolute Gasteiger partial charge is 0.159 e. The SMILES string of the molecule is CCCC(C)C(N)c1ccc(F)c(F)c1. The molecule has 1 aromatic carbocycles. The van der Waals surface area contributed by atoms with Crippen LogP contribution in [0.15, 0.2) is 18.2 Å². The fourth-order valence-electron chi connectivity index (χ4n) is 1.68. The molecule has 0 fully saturated rings. The second-order valence-corrected chi connectivity index (χ2v) is 3.97. The van der Waals surface area contributed by atoms with Gasteiger partial charge in [-0.05, 0) is 30.0 Å². The third kappa shape index (κ3) is 2.99. The van der Waals surface area contributed by atoms with Gasteiger partial charge in [-0.15, -0.1) is 0 Å². The molecule has 1 nitrogen and oxygen atoms in total. The Bertz CT molecular complexity index is 325. The zero-order valence-corrected chi connectivity index (χ0v) is 9.13. The van der Waals surface area contributed by atoms with Gasteiger partial charge >= 0.3 is 0 Å². The maximum atomic E-state index is 13.0. The van der Waals surface area contributed by atoms with Crippen LogP contribution in [0.25, 0.3) is 0 Å². The van der Waals surface area contributed by atoms with Crippen LogP contribution >= 0.6 is 0 Å². The number of hydrogen-bond donors (Lipinski definition) is 1. The minimum atomic E-state index is -0.827. The van der Waals surface area contributed by atoms with E-state index in [1.54, 1.807) is 6.07 Å². The van der Waals surface area contributed by atoms with Gasteiger partial charge < -0.3 is 5.73 Å². The summed E-state index contributed by atoms with van der Waals surface area (Å²) in [6.45, 7) is 4.10. The molecule has 1 rings (SSSR count). The van der Waals surface area contributed by atoms with Crippen molar-refractivity contribution >= 4 is 0 Å². The molecule has 1 aromatic rings. The molecule has 2 N–H and O–H groups in total. The molecule has 15 heavy (non-hydrogen) atoms. The number of nitrogens with two attached hydrogens (primary N) is 1. The zero-order chi connectivity index (χ0) is 11.4. The second kappa shape index (κ2) is 5.21. The number of halogens is 2. The molecule has 0 saturated heterocycles. The summed E-state index contributed by atoms with van der Waals surface area (Å²) in [6.07, 6.45) is 2.03. The lowest BCUT2D eigenvalue weighted by atomic mass is 9.92. The van der Waals surface area contributed by atoms with Crippen molar-refractivity contribution in [3.63, 3.8) is 0 Å². The van der Waals surface area contributed by atoms with Crippen LogP contribution in [-0.4, -0.2) is 0 Å². The van der Waals surface area contributed by atoms with Gasteiger partial charge in [-0.2, -0.15) is 0 Å². The Hall–Kier alpha value is -0.960. The van der Waals surface area contributed by atoms with Crippen molar-refractivity contribution in [3.8, 4) is 0 Å². The van der Waals surface area contributed by atoms with E-state index in [1.165, 1.54) is 6.07 Å². The highest BCUT2D eigenvalue weighted by Gasteiger charge is 2.15. The Morgan fingerprint density at radius 3 is 2.47 bits per heavy atom. The van der Waals surface area contributed by atoms with Crippen LogP contribution in [0.1, 0.15) is 38.3 Å². The molecule has 0 aliphatic rings. The standard InChI is InChI=1S/C12H17F2N/c1-3-4-8(2)12(15)9-5-6-10(13)11(14)7-9/h5-8,12H,3-4,15H2,1-2H3. The maximum Gasteiger partial charge on any atom is 0.159 e. The summed E-state index contributed by atoms with van der Waals surface area (Å²) in [5.41, 5.74) is 6.62. The highest BCUT2D eigenvalue weighted by atomic mass is 19.2. The number of benzene rings is 1. The molecule has 0 spiro atoms. The lowest BCUT2D eigenvalue weighted by molar-refractivity contribution is 0.429. The predicted octanol–water partition coefficient (Wildman–Crippen LogP) is 3.40. The van der Waals surface area contributed by atoms with Crippen molar-refractivity contribution in [2.75, 3.05) is 0 Å². The van der Waals surface area contributed by atoms with Crippen LogP contribution in [0.3, 0.4) is 0 Å². The van der Waals surface area contributed by atoms with Crippen molar-refractivity contribution < 1.29 is 8.78 Å². The van der Waals surface area contributed by atoms with Crippen LogP contribution in [0, 0.1) is 17.6 Å². The quantitative estimate of drug-likeness (QED) is 0.815. The van der Waals surface area contributed by atoms with Gasteiger partial charge in [0.15, 0.2) is 11.6 Å². The van der Waals surface area contributed by atoms with Crippen LogP contribution in [0.5, 0.6) is 0 Å². The summed E-state index contributed by atoms with van der Waals surface area (Å²) in [5.74, 6) is -1.37. The van der Waals surface area contributed by atoms with E-state index in [9.17, 15) is 8.78 Å². The van der Waals surface area contributed by atoms with Crippen LogP contribution in [0.4, 0.5) is 8.78 Å². The average Bonchev–Trinajstić information content (AvgIpc) is 2.21. The molecule has 84 valence electrons. The van der Waals surface area contributed by atoms with Crippen molar-refractivity contribution in [1.82, 2.24) is 0 Å². The molecule has 2 atom stereocenters. The Kier molecular flexibility index (Phi) is 4.21. The molecule has 0 aromatic heterocycles. The first-order chi connectivity index (χ1) is 7.06. The van der Waals surface area contributed by atoms with E-state index < -0.39 is 11.6 Å². The van der Waals surface area contributed by atoms with Gasteiger partial charge in [0.05, 0.1) is 0 Å². The van der Waals surface area contributed by atoms with E-state index >= 15 is 0 Å². The minimum Gasteiger partial charge on any atom is -0.324 e. The fourth-order valence-corrected chi connectivity index (χ4v) is 1.68. The van der Waals surface area contributed by atoms with Gasteiger partial charge in [-0.1, -0.05) is 26.3 Å². The Labute approximate surface area is 89.3 Å². The van der Waals surface area contributed by atoms with Crippen molar-refractivity contribution in [3.05, 3.63) is 35.4 Å². The molecule has 0 bridgehead atoms. The van der Waals surface area contributed by atoms with E-state index in [2.05, 4.69) is 6.92 Å². The maximum absolute atomic E-state index is 13.0. The first-order valence-corrected chi connectivity index (χ1v) is 5.26. The lowest BCUT2D eigenvalue weighted by Crippen LogP contribution is -2.19. The lowest BCUT2D eigenvalue weighted by Gasteiger charge is -2.19. The van der Waals surface area contributed by atoms with Crippen molar-refractivity contribution in [2.24, 2.45) is 11.7 Å². The third-order valence-electron chi connectivity index (χ3n) is 2.69. The molecule has 0 radical (unpaired) electrons. The van der Waals surface area contributed by atoms with Gasteiger partial charge in [0.1, 0.15) is 0 Å². The summed E-state index contributed by atoms with van der Waals surface area (Å²) >= 11 is 0. The topological polar surface area (TPSA) is 26.0 Å². The molecule has 0 aliphatic heterocycles. The average molecular weight is 213 g/mol. The van der Waals surface area contributed by atoms with E-state index in [0.717, 1.165) is 18.9 Å². The van der Waals surface area contributed by atoms with Gasteiger partial charge in [-0.3, -0.25) is 0 Å². The first-order valence-electron chi connectivity index (χ1n) is 5.26. The molecular formula is C12H17F2N. The third-order valence-corrected chi connectivity index (χ3v) is 2.69. The fraction of sp³-hybridized carbons (Fsp3) is 0.500. The highest BCUT2D eigenvalue weighted by molar-refractivity contribution is 5.21. The number of hydrogen-bond acceptors (Lipinski definition) is 1. The monoisotopic (exact) mass is 213 g/mol. The molecular weight excluding hydrogens is 196 g/mol. The summed E-state index contributed by atoms with van der Waals surface area (Å²) in [5, 5.41) is 0. The highest BCUT2D eigenvalue weighted by Crippen LogP contribution is 2.24. The van der Waals surface area contributed by atoms with Crippen LogP contribution < -0.4 is 5.73 Å². The molecule has 0 saturated carbocycles. The summed E-state index contributed by atoms with van der Waals surface area (Å²) in [4.78, 5) is 0. The van der Waals surface area contributed by atoms with Crippen molar-refractivity contribution in [1.29, 1.82) is 0 Å². The van der Waals surface area contributed by atoms with E-state index in [0.29, 0.717) is 5.56 Å². The zero-order valence-electron chi connectivity index (χ0n) is 9.13. The van der Waals surface area contributed by atoms with Gasteiger partial charge in [-0.25, -0.2) is 8.78 Å². The molecule has 3 heteroatoms.